The van der Waals surface area contributed by atoms with Gasteiger partial charge in [-0.05, 0) is 24.9 Å². The van der Waals surface area contributed by atoms with Crippen molar-refractivity contribution in [2.24, 2.45) is 0 Å². The molecule has 0 bridgehead atoms. The minimum atomic E-state index is -0.481. The Kier molecular flexibility index (Phi) is 3.31. The van der Waals surface area contributed by atoms with E-state index in [0.717, 1.165) is 0 Å². The second kappa shape index (κ2) is 4.28. The molecular formula is C8H10ClNO3. The number of halogens is 1. The fourth-order valence-corrected chi connectivity index (χ4v) is 1.16. The molecule has 0 aromatic carbocycles. The van der Waals surface area contributed by atoms with Crippen LogP contribution in [0.25, 0.3) is 0 Å². The van der Waals surface area contributed by atoms with Crippen LogP contribution in [0.5, 0.6) is 0 Å². The summed E-state index contributed by atoms with van der Waals surface area (Å²) in [6, 6.07) is 0. The molecule has 13 heavy (non-hydrogen) atoms. The Morgan fingerprint density at radius 1 is 1.62 bits per heavy atom. The highest BCUT2D eigenvalue weighted by Crippen LogP contribution is 2.20. The molecular weight excluding hydrogens is 194 g/mol. The van der Waals surface area contributed by atoms with E-state index in [4.69, 9.17) is 16.3 Å². The zero-order valence-corrected chi connectivity index (χ0v) is 8.22. The summed E-state index contributed by atoms with van der Waals surface area (Å²) in [6.07, 6.45) is 0.588. The van der Waals surface area contributed by atoms with E-state index in [9.17, 15) is 4.79 Å². The highest BCUT2D eigenvalue weighted by molar-refractivity contribution is 6.31. The first-order chi connectivity index (χ1) is 6.20. The lowest BCUT2D eigenvalue weighted by Gasteiger charge is -1.99. The molecule has 0 atom stereocenters. The number of esters is 1. The van der Waals surface area contributed by atoms with Gasteiger partial charge in [0, 0.05) is 0 Å². The molecule has 0 amide bonds. The number of aryl methyl sites for hydroxylation is 1. The number of hydrogen-bond donors (Lipinski definition) is 0. The summed E-state index contributed by atoms with van der Waals surface area (Å²) in [5.41, 5.74) is 0.773. The van der Waals surface area contributed by atoms with Crippen molar-refractivity contribution in [3.63, 3.8) is 0 Å². The first-order valence-corrected chi connectivity index (χ1v) is 4.39. The summed E-state index contributed by atoms with van der Waals surface area (Å²) in [7, 11) is 0. The van der Waals surface area contributed by atoms with Gasteiger partial charge in [0.1, 0.15) is 5.56 Å². The van der Waals surface area contributed by atoms with Crippen LogP contribution in [0.15, 0.2) is 4.52 Å². The van der Waals surface area contributed by atoms with Crippen molar-refractivity contribution >= 4 is 17.6 Å². The minimum absolute atomic E-state index is 0.00435. The van der Waals surface area contributed by atoms with Crippen LogP contribution >= 0.6 is 11.6 Å². The summed E-state index contributed by atoms with van der Waals surface area (Å²) in [5, 5.41) is 3.63. The van der Waals surface area contributed by atoms with Gasteiger partial charge in [-0.15, -0.1) is 0 Å². The maximum Gasteiger partial charge on any atom is 0.345 e. The summed E-state index contributed by atoms with van der Waals surface area (Å²) < 4.78 is 9.45. The van der Waals surface area contributed by atoms with Crippen LogP contribution in [0, 0.1) is 0 Å². The molecule has 5 heteroatoms. The van der Waals surface area contributed by atoms with Crippen molar-refractivity contribution in [3.05, 3.63) is 16.5 Å². The van der Waals surface area contributed by atoms with Gasteiger partial charge in [0.15, 0.2) is 0 Å². The van der Waals surface area contributed by atoms with E-state index in [-0.39, 0.29) is 10.8 Å². The van der Waals surface area contributed by atoms with Gasteiger partial charge in [-0.3, -0.25) is 0 Å². The molecule has 0 aliphatic rings. The van der Waals surface area contributed by atoms with Gasteiger partial charge in [-0.2, -0.15) is 0 Å². The van der Waals surface area contributed by atoms with Crippen molar-refractivity contribution in [3.8, 4) is 0 Å². The fourth-order valence-electron chi connectivity index (χ4n) is 0.943. The van der Waals surface area contributed by atoms with Gasteiger partial charge in [0.25, 0.3) is 0 Å². The lowest BCUT2D eigenvalue weighted by Crippen LogP contribution is -2.06. The molecule has 1 rings (SSSR count). The lowest BCUT2D eigenvalue weighted by molar-refractivity contribution is 0.0525. The standard InChI is InChI=1S/C8H10ClNO3/c1-3-5-6(7(9)13-10-5)8(11)12-4-2/h3-4H2,1-2H3. The zero-order chi connectivity index (χ0) is 9.84. The predicted molar refractivity (Wildman–Crippen MR) is 46.8 cm³/mol. The van der Waals surface area contributed by atoms with Crippen molar-refractivity contribution in [1.29, 1.82) is 0 Å². The van der Waals surface area contributed by atoms with Gasteiger partial charge in [0.2, 0.25) is 5.22 Å². The average Bonchev–Trinajstić information content (AvgIpc) is 2.47. The van der Waals surface area contributed by atoms with E-state index in [1.165, 1.54) is 0 Å². The first kappa shape index (κ1) is 10.1. The molecule has 0 saturated heterocycles. The third-order valence-corrected chi connectivity index (χ3v) is 1.79. The molecule has 0 unspecified atom stereocenters. The highest BCUT2D eigenvalue weighted by Gasteiger charge is 2.21. The topological polar surface area (TPSA) is 52.3 Å². The van der Waals surface area contributed by atoms with Crippen molar-refractivity contribution in [2.45, 2.75) is 20.3 Å². The number of ether oxygens (including phenoxy) is 1. The number of hydrogen-bond acceptors (Lipinski definition) is 4. The van der Waals surface area contributed by atoms with Gasteiger partial charge in [-0.25, -0.2) is 4.79 Å². The molecule has 0 radical (unpaired) electrons. The second-order valence-electron chi connectivity index (χ2n) is 2.35. The maximum absolute atomic E-state index is 11.3. The third-order valence-electron chi connectivity index (χ3n) is 1.54. The van der Waals surface area contributed by atoms with E-state index in [2.05, 4.69) is 9.68 Å². The minimum Gasteiger partial charge on any atom is -0.462 e. The molecule has 0 N–H and O–H groups in total. The number of aromatic nitrogens is 1. The second-order valence-corrected chi connectivity index (χ2v) is 2.70. The Morgan fingerprint density at radius 3 is 2.85 bits per heavy atom. The number of rotatable bonds is 3. The van der Waals surface area contributed by atoms with Gasteiger partial charge >= 0.3 is 5.97 Å². The smallest absolute Gasteiger partial charge is 0.345 e. The molecule has 0 fully saturated rings. The van der Waals surface area contributed by atoms with Gasteiger partial charge in [-0.1, -0.05) is 12.1 Å². The number of nitrogens with zero attached hydrogens (tertiary/aromatic N) is 1. The summed E-state index contributed by atoms with van der Waals surface area (Å²) in [6.45, 7) is 3.89. The largest absolute Gasteiger partial charge is 0.462 e. The summed E-state index contributed by atoms with van der Waals surface area (Å²) >= 11 is 5.62. The third kappa shape index (κ3) is 2.01. The Labute approximate surface area is 80.8 Å². The van der Waals surface area contributed by atoms with E-state index in [0.29, 0.717) is 18.7 Å². The van der Waals surface area contributed by atoms with Crippen molar-refractivity contribution < 1.29 is 14.1 Å². The summed E-state index contributed by atoms with van der Waals surface area (Å²) in [4.78, 5) is 11.3. The van der Waals surface area contributed by atoms with Gasteiger partial charge < -0.3 is 9.26 Å². The van der Waals surface area contributed by atoms with Crippen molar-refractivity contribution in [1.82, 2.24) is 5.16 Å². The number of carbonyl (C=O) groups is 1. The fraction of sp³-hybridized carbons (Fsp3) is 0.500. The van der Waals surface area contributed by atoms with Crippen molar-refractivity contribution in [2.75, 3.05) is 6.61 Å². The Hall–Kier alpha value is -1.03. The van der Waals surface area contributed by atoms with E-state index >= 15 is 0 Å². The van der Waals surface area contributed by atoms with Crippen LogP contribution in [0.4, 0.5) is 0 Å². The van der Waals surface area contributed by atoms with Crippen LogP contribution in [0.3, 0.4) is 0 Å². The van der Waals surface area contributed by atoms with Crippen LogP contribution in [-0.4, -0.2) is 17.7 Å². The molecule has 72 valence electrons. The highest BCUT2D eigenvalue weighted by atomic mass is 35.5. The van der Waals surface area contributed by atoms with E-state index in [1.54, 1.807) is 6.92 Å². The molecule has 0 spiro atoms. The van der Waals surface area contributed by atoms with Crippen LogP contribution in [0.1, 0.15) is 29.9 Å². The summed E-state index contributed by atoms with van der Waals surface area (Å²) in [5.74, 6) is -0.481. The lowest BCUT2D eigenvalue weighted by atomic mass is 10.2. The molecule has 0 aliphatic heterocycles. The Bertz CT molecular complexity index is 308. The molecule has 0 aliphatic carbocycles. The van der Waals surface area contributed by atoms with E-state index < -0.39 is 5.97 Å². The predicted octanol–water partition coefficient (Wildman–Crippen LogP) is 2.07. The monoisotopic (exact) mass is 203 g/mol. The zero-order valence-electron chi connectivity index (χ0n) is 7.46. The Morgan fingerprint density at radius 2 is 2.31 bits per heavy atom. The quantitative estimate of drug-likeness (QED) is 0.706. The molecule has 1 heterocycles. The van der Waals surface area contributed by atoms with Crippen LogP contribution in [0.2, 0.25) is 5.22 Å². The Balaban J connectivity index is 2.96. The average molecular weight is 204 g/mol. The number of carbonyl (C=O) groups excluding carboxylic acids is 1. The first-order valence-electron chi connectivity index (χ1n) is 4.01. The van der Waals surface area contributed by atoms with Crippen LogP contribution in [-0.2, 0) is 11.2 Å². The maximum atomic E-state index is 11.3. The molecule has 0 saturated carbocycles. The normalized spacial score (nSPS) is 10.1. The molecule has 1 aromatic heterocycles. The van der Waals surface area contributed by atoms with Crippen LogP contribution < -0.4 is 0 Å². The molecule has 4 nitrogen and oxygen atoms in total. The molecule has 1 aromatic rings. The SMILES string of the molecule is CCOC(=O)c1c(CC)noc1Cl. The van der Waals surface area contributed by atoms with Gasteiger partial charge in [0.05, 0.1) is 12.3 Å². The van der Waals surface area contributed by atoms with E-state index in [1.807, 2.05) is 6.92 Å².